The van der Waals surface area contributed by atoms with Crippen LogP contribution in [0.3, 0.4) is 0 Å². The lowest BCUT2D eigenvalue weighted by Crippen LogP contribution is -2.12. The molecular formula is C31H30N2O2. The van der Waals surface area contributed by atoms with Crippen LogP contribution in [0, 0.1) is 12.8 Å². The number of hydrogen-bond donors (Lipinski definition) is 0. The van der Waals surface area contributed by atoms with Gasteiger partial charge in [0.25, 0.3) is 0 Å². The Morgan fingerprint density at radius 3 is 2.34 bits per heavy atom. The molecule has 176 valence electrons. The zero-order valence-electron chi connectivity index (χ0n) is 21.2. The van der Waals surface area contributed by atoms with Crippen molar-refractivity contribution in [1.82, 2.24) is 9.97 Å². The SMILES string of the molecule is Cc1c(CC(C)C)oc2ccc3oc4ncnc(-c5cc(C(C)(C)C)c6ccccc6c5)c4c3c12. The maximum Gasteiger partial charge on any atom is 0.231 e. The number of hydrogen-bond acceptors (Lipinski definition) is 4. The quantitative estimate of drug-likeness (QED) is 0.264. The minimum atomic E-state index is -0.0135. The first-order valence-corrected chi connectivity index (χ1v) is 12.3. The van der Waals surface area contributed by atoms with Gasteiger partial charge in [0, 0.05) is 22.8 Å². The van der Waals surface area contributed by atoms with Crippen LogP contribution in [0.25, 0.3) is 55.1 Å². The molecule has 0 aliphatic rings. The normalized spacial score (nSPS) is 12.7. The summed E-state index contributed by atoms with van der Waals surface area (Å²) in [5.74, 6) is 1.55. The van der Waals surface area contributed by atoms with Crippen molar-refractivity contribution in [3.8, 4) is 11.3 Å². The Morgan fingerprint density at radius 2 is 1.60 bits per heavy atom. The third-order valence-corrected chi connectivity index (χ3v) is 6.96. The Hall–Kier alpha value is -3.66. The molecule has 3 heterocycles. The van der Waals surface area contributed by atoms with E-state index < -0.39 is 0 Å². The molecule has 0 aliphatic heterocycles. The van der Waals surface area contributed by atoms with E-state index in [-0.39, 0.29) is 5.41 Å². The molecule has 0 aliphatic carbocycles. The van der Waals surface area contributed by atoms with Gasteiger partial charge in [0.1, 0.15) is 23.3 Å². The van der Waals surface area contributed by atoms with E-state index in [9.17, 15) is 0 Å². The molecule has 0 bridgehead atoms. The fourth-order valence-corrected chi connectivity index (χ4v) is 5.33. The Labute approximate surface area is 205 Å². The highest BCUT2D eigenvalue weighted by Gasteiger charge is 2.24. The molecule has 0 N–H and O–H groups in total. The van der Waals surface area contributed by atoms with E-state index in [1.165, 1.54) is 21.9 Å². The van der Waals surface area contributed by atoms with Crippen LogP contribution in [0.4, 0.5) is 0 Å². The maximum atomic E-state index is 6.32. The summed E-state index contributed by atoms with van der Waals surface area (Å²) in [7, 11) is 0. The van der Waals surface area contributed by atoms with E-state index >= 15 is 0 Å². The molecule has 4 nitrogen and oxygen atoms in total. The Bertz CT molecular complexity index is 1750. The van der Waals surface area contributed by atoms with Gasteiger partial charge in [0.15, 0.2) is 0 Å². The van der Waals surface area contributed by atoms with Crippen LogP contribution in [0.15, 0.2) is 63.7 Å². The number of aryl methyl sites for hydroxylation is 1. The van der Waals surface area contributed by atoms with Crippen molar-refractivity contribution in [2.45, 2.75) is 53.4 Å². The Kier molecular flexibility index (Phi) is 4.79. The summed E-state index contributed by atoms with van der Waals surface area (Å²) < 4.78 is 12.6. The van der Waals surface area contributed by atoms with Crippen molar-refractivity contribution in [3.05, 3.63) is 71.7 Å². The molecule has 6 aromatic rings. The molecule has 0 saturated carbocycles. The summed E-state index contributed by atoms with van der Waals surface area (Å²) in [5, 5.41) is 5.57. The summed E-state index contributed by atoms with van der Waals surface area (Å²) in [6.07, 6.45) is 2.51. The number of fused-ring (bicyclic) bond motifs is 6. The molecule has 0 spiro atoms. The van der Waals surface area contributed by atoms with Crippen molar-refractivity contribution in [2.75, 3.05) is 0 Å². The van der Waals surface area contributed by atoms with Crippen LogP contribution in [0.1, 0.15) is 51.5 Å². The zero-order chi connectivity index (χ0) is 24.5. The minimum absolute atomic E-state index is 0.0135. The van der Waals surface area contributed by atoms with E-state index in [0.717, 1.165) is 50.8 Å². The molecule has 3 aromatic heterocycles. The standard InChI is InChI=1S/C31H30N2O2/c1-17(2)13-25-18(3)26-23(34-25)11-12-24-27(26)28-29(32-16-33-30(28)35-24)20-14-19-9-7-8-10-21(19)22(15-20)31(4,5)6/h7-12,14-17H,13H2,1-6H3. The van der Waals surface area contributed by atoms with Gasteiger partial charge in [-0.1, -0.05) is 58.9 Å². The molecule has 0 radical (unpaired) electrons. The van der Waals surface area contributed by atoms with Crippen LogP contribution in [0.5, 0.6) is 0 Å². The molecule has 0 atom stereocenters. The maximum absolute atomic E-state index is 6.32. The van der Waals surface area contributed by atoms with E-state index in [4.69, 9.17) is 13.8 Å². The van der Waals surface area contributed by atoms with Crippen LogP contribution in [-0.2, 0) is 11.8 Å². The third-order valence-electron chi connectivity index (χ3n) is 6.96. The average Bonchev–Trinajstić information content (AvgIpc) is 3.34. The highest BCUT2D eigenvalue weighted by Crippen LogP contribution is 2.43. The number of nitrogens with zero attached hydrogens (tertiary/aromatic N) is 2. The summed E-state index contributed by atoms with van der Waals surface area (Å²) in [6, 6.07) is 17.1. The summed E-state index contributed by atoms with van der Waals surface area (Å²) in [5.41, 5.74) is 6.73. The summed E-state index contributed by atoms with van der Waals surface area (Å²) in [4.78, 5) is 9.34. The lowest BCUT2D eigenvalue weighted by Gasteiger charge is -2.22. The fraction of sp³-hybridized carbons (Fsp3) is 0.290. The molecule has 3 aromatic carbocycles. The van der Waals surface area contributed by atoms with Crippen LogP contribution >= 0.6 is 0 Å². The lowest BCUT2D eigenvalue weighted by atomic mass is 9.82. The smallest absolute Gasteiger partial charge is 0.231 e. The van der Waals surface area contributed by atoms with Gasteiger partial charge in [0.05, 0.1) is 11.1 Å². The second kappa shape index (κ2) is 7.67. The average molecular weight is 463 g/mol. The molecule has 4 heteroatoms. The first-order valence-electron chi connectivity index (χ1n) is 12.3. The predicted molar refractivity (Wildman–Crippen MR) is 144 cm³/mol. The van der Waals surface area contributed by atoms with Gasteiger partial charge >= 0.3 is 0 Å². The van der Waals surface area contributed by atoms with Gasteiger partial charge in [-0.05, 0) is 64.4 Å². The monoisotopic (exact) mass is 462 g/mol. The summed E-state index contributed by atoms with van der Waals surface area (Å²) in [6.45, 7) is 13.4. The van der Waals surface area contributed by atoms with E-state index in [1.807, 2.05) is 12.1 Å². The summed E-state index contributed by atoms with van der Waals surface area (Å²) >= 11 is 0. The first-order chi connectivity index (χ1) is 16.7. The van der Waals surface area contributed by atoms with Crippen molar-refractivity contribution in [1.29, 1.82) is 0 Å². The molecule has 6 rings (SSSR count). The fourth-order valence-electron chi connectivity index (χ4n) is 5.33. The van der Waals surface area contributed by atoms with Gasteiger partial charge in [0.2, 0.25) is 5.71 Å². The zero-order valence-corrected chi connectivity index (χ0v) is 21.2. The number of rotatable bonds is 3. The number of furan rings is 2. The highest BCUT2D eigenvalue weighted by atomic mass is 16.3. The first kappa shape index (κ1) is 21.8. The minimum Gasteiger partial charge on any atom is -0.461 e. The van der Waals surface area contributed by atoms with E-state index in [2.05, 4.69) is 82.9 Å². The second-order valence-electron chi connectivity index (χ2n) is 11.1. The molecule has 0 fully saturated rings. The molecule has 0 amide bonds. The molecular weight excluding hydrogens is 432 g/mol. The molecule has 0 saturated heterocycles. The van der Waals surface area contributed by atoms with E-state index in [0.29, 0.717) is 11.6 Å². The third kappa shape index (κ3) is 3.43. The largest absolute Gasteiger partial charge is 0.461 e. The molecule has 35 heavy (non-hydrogen) atoms. The van der Waals surface area contributed by atoms with Gasteiger partial charge < -0.3 is 8.83 Å². The van der Waals surface area contributed by atoms with E-state index in [1.54, 1.807) is 6.33 Å². The topological polar surface area (TPSA) is 52.1 Å². The molecule has 0 unspecified atom stereocenters. The number of benzene rings is 3. The highest BCUT2D eigenvalue weighted by molar-refractivity contribution is 6.22. The van der Waals surface area contributed by atoms with Crippen molar-refractivity contribution >= 4 is 43.8 Å². The second-order valence-corrected chi connectivity index (χ2v) is 11.1. The van der Waals surface area contributed by atoms with Crippen molar-refractivity contribution in [2.24, 2.45) is 5.92 Å². The van der Waals surface area contributed by atoms with Gasteiger partial charge in [-0.2, -0.15) is 0 Å². The van der Waals surface area contributed by atoms with Crippen LogP contribution in [-0.4, -0.2) is 9.97 Å². The Morgan fingerprint density at radius 1 is 0.857 bits per heavy atom. The van der Waals surface area contributed by atoms with Crippen LogP contribution < -0.4 is 0 Å². The predicted octanol–water partition coefficient (Wildman–Crippen LogP) is 8.75. The van der Waals surface area contributed by atoms with Gasteiger partial charge in [-0.25, -0.2) is 9.97 Å². The van der Waals surface area contributed by atoms with Crippen molar-refractivity contribution < 1.29 is 8.83 Å². The van der Waals surface area contributed by atoms with Gasteiger partial charge in [-0.15, -0.1) is 0 Å². The van der Waals surface area contributed by atoms with Gasteiger partial charge in [-0.3, -0.25) is 0 Å². The lowest BCUT2D eigenvalue weighted by molar-refractivity contribution is 0.496. The number of aromatic nitrogens is 2. The van der Waals surface area contributed by atoms with Crippen LogP contribution in [0.2, 0.25) is 0 Å². The Balaban J connectivity index is 1.72. The van der Waals surface area contributed by atoms with Crippen molar-refractivity contribution in [3.63, 3.8) is 0 Å².